The van der Waals surface area contributed by atoms with Gasteiger partial charge in [-0.05, 0) is 62.1 Å². The number of nitrogens with one attached hydrogen (secondary N) is 1. The number of halogens is 1. The van der Waals surface area contributed by atoms with Crippen LogP contribution in [0.3, 0.4) is 0 Å². The van der Waals surface area contributed by atoms with Gasteiger partial charge in [0.2, 0.25) is 5.91 Å². The number of aromatic nitrogens is 1. The van der Waals surface area contributed by atoms with E-state index in [1.807, 2.05) is 4.90 Å². The molecule has 7 heteroatoms. The van der Waals surface area contributed by atoms with Gasteiger partial charge in [-0.2, -0.15) is 0 Å². The lowest BCUT2D eigenvalue weighted by Crippen LogP contribution is -2.50. The topological polar surface area (TPSA) is 82.4 Å². The number of hydrogen-bond acceptors (Lipinski definition) is 3. The highest BCUT2D eigenvalue weighted by Gasteiger charge is 2.41. The molecule has 0 saturated carbocycles. The van der Waals surface area contributed by atoms with Gasteiger partial charge in [-0.3, -0.25) is 9.59 Å². The number of benzene rings is 1. The van der Waals surface area contributed by atoms with E-state index in [9.17, 15) is 9.59 Å². The number of anilines is 1. The molecule has 0 unspecified atom stereocenters. The molecule has 3 aliphatic rings. The number of carbonyl (C=O) groups is 2. The number of primary amides is 1. The molecule has 1 aromatic carbocycles. The standard InChI is InChI=1S/C24H29FN4O2/c1-2-20(30)29-11-9-14-8-10-28(13-19(14)29)23-17(25)12-16(24(26)31)22-21(23)15-6-4-3-5-7-18(15)27-22/h2,12,14,19,27H,1,3-11,13H2,(H2,26,31)/t14-,19-/m0/s1. The largest absolute Gasteiger partial charge is 0.367 e. The molecule has 1 aliphatic carbocycles. The summed E-state index contributed by atoms with van der Waals surface area (Å²) in [6.45, 7) is 5.69. The number of H-pyrrole nitrogens is 1. The molecular weight excluding hydrogens is 395 g/mol. The van der Waals surface area contributed by atoms with Gasteiger partial charge in [-0.15, -0.1) is 0 Å². The monoisotopic (exact) mass is 424 g/mol. The summed E-state index contributed by atoms with van der Waals surface area (Å²) < 4.78 is 15.6. The van der Waals surface area contributed by atoms with Crippen LogP contribution in [0.15, 0.2) is 18.7 Å². The minimum atomic E-state index is -0.621. The molecule has 3 N–H and O–H groups in total. The number of nitrogens with zero attached hydrogens (tertiary/aromatic N) is 2. The number of nitrogens with two attached hydrogens (primary N) is 1. The van der Waals surface area contributed by atoms with Crippen LogP contribution in [0.25, 0.3) is 10.9 Å². The van der Waals surface area contributed by atoms with Gasteiger partial charge in [0.05, 0.1) is 22.8 Å². The lowest BCUT2D eigenvalue weighted by Gasteiger charge is -2.40. The number of hydrogen-bond donors (Lipinski definition) is 2. The minimum Gasteiger partial charge on any atom is -0.367 e. The molecule has 2 aliphatic heterocycles. The van der Waals surface area contributed by atoms with Crippen LogP contribution >= 0.6 is 0 Å². The van der Waals surface area contributed by atoms with E-state index in [2.05, 4.69) is 16.5 Å². The molecule has 164 valence electrons. The first-order valence-electron chi connectivity index (χ1n) is 11.3. The van der Waals surface area contributed by atoms with Gasteiger partial charge in [0.1, 0.15) is 5.82 Å². The van der Waals surface area contributed by atoms with Crippen molar-refractivity contribution < 1.29 is 14.0 Å². The predicted molar refractivity (Wildman–Crippen MR) is 119 cm³/mol. The van der Waals surface area contributed by atoms with Crippen LogP contribution in [0.4, 0.5) is 10.1 Å². The van der Waals surface area contributed by atoms with Crippen molar-refractivity contribution in [2.45, 2.75) is 51.0 Å². The molecule has 0 bridgehead atoms. The molecular formula is C24H29FN4O2. The fraction of sp³-hybridized carbons (Fsp3) is 0.500. The van der Waals surface area contributed by atoms with Crippen molar-refractivity contribution in [3.8, 4) is 0 Å². The molecule has 2 fully saturated rings. The molecule has 2 saturated heterocycles. The molecule has 0 spiro atoms. The number of rotatable bonds is 3. The maximum Gasteiger partial charge on any atom is 0.250 e. The second kappa shape index (κ2) is 7.70. The Kier molecular flexibility index (Phi) is 4.99. The van der Waals surface area contributed by atoms with Gasteiger partial charge in [-0.1, -0.05) is 13.0 Å². The van der Waals surface area contributed by atoms with E-state index in [4.69, 9.17) is 5.73 Å². The smallest absolute Gasteiger partial charge is 0.250 e. The fourth-order valence-electron chi connectivity index (χ4n) is 5.95. The number of carbonyl (C=O) groups excluding carboxylic acids is 2. The SMILES string of the molecule is C=CC(=O)N1CC[C@@H]2CCN(c3c(F)cc(C(N)=O)c4[nH]c5c(c34)CCCCC5)C[C@@H]21. The fourth-order valence-corrected chi connectivity index (χ4v) is 5.95. The van der Waals surface area contributed by atoms with Crippen LogP contribution < -0.4 is 10.6 Å². The van der Waals surface area contributed by atoms with Crippen LogP contribution in [0.1, 0.15) is 53.7 Å². The van der Waals surface area contributed by atoms with E-state index in [0.29, 0.717) is 23.7 Å². The third kappa shape index (κ3) is 3.22. The van der Waals surface area contributed by atoms with Crippen LogP contribution in [0.2, 0.25) is 0 Å². The zero-order valence-electron chi connectivity index (χ0n) is 17.8. The maximum absolute atomic E-state index is 15.6. The minimum absolute atomic E-state index is 0.0560. The predicted octanol–water partition coefficient (Wildman–Crippen LogP) is 3.29. The van der Waals surface area contributed by atoms with Crippen molar-refractivity contribution in [2.75, 3.05) is 24.5 Å². The lowest BCUT2D eigenvalue weighted by molar-refractivity contribution is -0.127. The summed E-state index contributed by atoms with van der Waals surface area (Å²) in [5, 5.41) is 0.809. The number of fused-ring (bicyclic) bond motifs is 4. The summed E-state index contributed by atoms with van der Waals surface area (Å²) in [4.78, 5) is 31.9. The van der Waals surface area contributed by atoms with Crippen molar-refractivity contribution in [3.05, 3.63) is 41.4 Å². The van der Waals surface area contributed by atoms with E-state index in [1.54, 1.807) is 0 Å². The van der Waals surface area contributed by atoms with E-state index in [0.717, 1.165) is 74.7 Å². The summed E-state index contributed by atoms with van der Waals surface area (Å²) in [5.74, 6) is -0.652. The Balaban J connectivity index is 1.63. The average Bonchev–Trinajstić information content (AvgIpc) is 3.26. The summed E-state index contributed by atoms with van der Waals surface area (Å²) >= 11 is 0. The van der Waals surface area contributed by atoms with Gasteiger partial charge >= 0.3 is 0 Å². The first-order chi connectivity index (χ1) is 15.0. The van der Waals surface area contributed by atoms with Gasteiger partial charge < -0.3 is 20.5 Å². The molecule has 5 rings (SSSR count). The van der Waals surface area contributed by atoms with Crippen molar-refractivity contribution in [1.29, 1.82) is 0 Å². The van der Waals surface area contributed by atoms with Crippen molar-refractivity contribution in [3.63, 3.8) is 0 Å². The maximum atomic E-state index is 15.6. The van der Waals surface area contributed by atoms with E-state index < -0.39 is 11.7 Å². The molecule has 31 heavy (non-hydrogen) atoms. The summed E-state index contributed by atoms with van der Waals surface area (Å²) in [6.07, 6.45) is 8.30. The first-order valence-corrected chi connectivity index (χ1v) is 11.3. The zero-order valence-corrected chi connectivity index (χ0v) is 17.8. The quantitative estimate of drug-likeness (QED) is 0.586. The average molecular weight is 425 g/mol. The van der Waals surface area contributed by atoms with Crippen LogP contribution in [0.5, 0.6) is 0 Å². The molecule has 6 nitrogen and oxygen atoms in total. The molecule has 2 atom stereocenters. The van der Waals surface area contributed by atoms with Crippen molar-refractivity contribution in [1.82, 2.24) is 9.88 Å². The van der Waals surface area contributed by atoms with Crippen molar-refractivity contribution >= 4 is 28.4 Å². The van der Waals surface area contributed by atoms with Crippen LogP contribution in [-0.2, 0) is 17.6 Å². The molecule has 2 amide bonds. The number of aryl methyl sites for hydroxylation is 2. The van der Waals surface area contributed by atoms with Gasteiger partial charge in [0.25, 0.3) is 5.91 Å². The summed E-state index contributed by atoms with van der Waals surface area (Å²) in [7, 11) is 0. The number of aromatic amines is 1. The highest BCUT2D eigenvalue weighted by atomic mass is 19.1. The second-order valence-corrected chi connectivity index (χ2v) is 9.10. The normalized spacial score (nSPS) is 23.4. The number of piperidine rings is 1. The Hall–Kier alpha value is -2.83. The zero-order chi connectivity index (χ0) is 21.7. The Labute approximate surface area is 181 Å². The molecule has 3 heterocycles. The number of amides is 2. The third-order valence-corrected chi connectivity index (χ3v) is 7.45. The third-order valence-electron chi connectivity index (χ3n) is 7.45. The molecule has 1 aromatic heterocycles. The van der Waals surface area contributed by atoms with Gasteiger partial charge in [0, 0.05) is 30.7 Å². The first kappa shape index (κ1) is 20.1. The highest BCUT2D eigenvalue weighted by molar-refractivity contribution is 6.10. The van der Waals surface area contributed by atoms with Crippen LogP contribution in [-0.4, -0.2) is 47.4 Å². The lowest BCUT2D eigenvalue weighted by atomic mass is 9.91. The van der Waals surface area contributed by atoms with Crippen molar-refractivity contribution in [2.24, 2.45) is 11.7 Å². The summed E-state index contributed by atoms with van der Waals surface area (Å²) in [6, 6.07) is 1.34. The number of likely N-dealkylation sites (tertiary alicyclic amines) is 1. The summed E-state index contributed by atoms with van der Waals surface area (Å²) in [5.41, 5.74) is 9.25. The Morgan fingerprint density at radius 2 is 1.97 bits per heavy atom. The van der Waals surface area contributed by atoms with Gasteiger partial charge in [0.15, 0.2) is 0 Å². The van der Waals surface area contributed by atoms with E-state index >= 15 is 4.39 Å². The Bertz CT molecular complexity index is 1080. The van der Waals surface area contributed by atoms with Crippen LogP contribution in [0, 0.1) is 11.7 Å². The van der Waals surface area contributed by atoms with E-state index in [-0.39, 0.29) is 17.5 Å². The Morgan fingerprint density at radius 1 is 1.19 bits per heavy atom. The van der Waals surface area contributed by atoms with E-state index in [1.165, 1.54) is 12.1 Å². The van der Waals surface area contributed by atoms with Gasteiger partial charge in [-0.25, -0.2) is 4.39 Å². The Morgan fingerprint density at radius 3 is 2.74 bits per heavy atom. The molecule has 2 aromatic rings. The highest BCUT2D eigenvalue weighted by Crippen LogP contribution is 2.42. The second-order valence-electron chi connectivity index (χ2n) is 9.10. The molecule has 0 radical (unpaired) electrons.